The average molecular weight is 450 g/mol. The van der Waals surface area contributed by atoms with Crippen LogP contribution in [0.3, 0.4) is 0 Å². The van der Waals surface area contributed by atoms with Crippen molar-refractivity contribution in [1.82, 2.24) is 4.90 Å². The summed E-state index contributed by atoms with van der Waals surface area (Å²) in [6.07, 6.45) is -4.70. The van der Waals surface area contributed by atoms with Crippen LogP contribution in [-0.4, -0.2) is 47.4 Å². The van der Waals surface area contributed by atoms with Crippen molar-refractivity contribution in [2.75, 3.05) is 29.9 Å². The summed E-state index contributed by atoms with van der Waals surface area (Å²) >= 11 is 0. The Morgan fingerprint density at radius 3 is 2.53 bits per heavy atom. The van der Waals surface area contributed by atoms with Gasteiger partial charge in [0.05, 0.1) is 10.5 Å². The Kier molecular flexibility index (Phi) is 6.61. The highest BCUT2D eigenvalue weighted by Crippen LogP contribution is 2.35. The van der Waals surface area contributed by atoms with Gasteiger partial charge in [-0.15, -0.1) is 0 Å². The molecule has 0 spiro atoms. The topological polar surface area (TPSA) is 78.7 Å². The summed E-state index contributed by atoms with van der Waals surface area (Å²) in [5.74, 6) is -0.269. The summed E-state index contributed by atoms with van der Waals surface area (Å²) < 4.78 is 38.7. The molecule has 0 bridgehead atoms. The van der Waals surface area contributed by atoms with Gasteiger partial charge >= 0.3 is 6.18 Å². The van der Waals surface area contributed by atoms with E-state index >= 15 is 0 Å². The minimum atomic E-state index is -4.70. The van der Waals surface area contributed by atoms with Crippen molar-refractivity contribution >= 4 is 23.0 Å². The van der Waals surface area contributed by atoms with Crippen LogP contribution in [0.25, 0.3) is 0 Å². The Bertz CT molecular complexity index is 1010. The smallest absolute Gasteiger partial charge is 0.368 e. The number of nitro benzene ring substituents is 1. The number of nitrogens with zero attached hydrogens (tertiary/aromatic N) is 3. The van der Waals surface area contributed by atoms with Crippen LogP contribution >= 0.6 is 0 Å². The van der Waals surface area contributed by atoms with E-state index in [1.165, 1.54) is 0 Å². The zero-order chi connectivity index (χ0) is 23.6. The highest BCUT2D eigenvalue weighted by Gasteiger charge is 2.34. The fraction of sp³-hybridized carbons (Fsp3) is 0.409. The number of piperazine rings is 1. The minimum Gasteiger partial charge on any atom is -0.368 e. The molecule has 32 heavy (non-hydrogen) atoms. The maximum absolute atomic E-state index is 12.9. The molecule has 10 heteroatoms. The molecule has 1 heterocycles. The third kappa shape index (κ3) is 5.12. The summed E-state index contributed by atoms with van der Waals surface area (Å²) in [6.45, 7) is 7.14. The van der Waals surface area contributed by atoms with Gasteiger partial charge in [0, 0.05) is 37.4 Å². The first-order valence-electron chi connectivity index (χ1n) is 10.2. The molecule has 2 aromatic carbocycles. The number of anilines is 2. The first-order valence-corrected chi connectivity index (χ1v) is 10.2. The van der Waals surface area contributed by atoms with Gasteiger partial charge in [-0.25, -0.2) is 0 Å². The van der Waals surface area contributed by atoms with Gasteiger partial charge in [0.15, 0.2) is 0 Å². The number of amides is 1. The molecular formula is C22H25F3N4O3. The van der Waals surface area contributed by atoms with Gasteiger partial charge in [0.25, 0.3) is 5.69 Å². The molecule has 2 aromatic rings. The van der Waals surface area contributed by atoms with E-state index in [-0.39, 0.29) is 17.6 Å². The van der Waals surface area contributed by atoms with Crippen LogP contribution in [0.4, 0.5) is 30.2 Å². The van der Waals surface area contributed by atoms with Crippen LogP contribution in [0.5, 0.6) is 0 Å². The van der Waals surface area contributed by atoms with Crippen LogP contribution in [0, 0.1) is 17.0 Å². The van der Waals surface area contributed by atoms with E-state index in [2.05, 4.69) is 16.3 Å². The van der Waals surface area contributed by atoms with Gasteiger partial charge in [-0.3, -0.25) is 14.9 Å². The highest BCUT2D eigenvalue weighted by atomic mass is 19.4. The van der Waals surface area contributed by atoms with Crippen molar-refractivity contribution in [3.63, 3.8) is 0 Å². The third-order valence-corrected chi connectivity index (χ3v) is 5.54. The molecule has 3 rings (SSSR count). The lowest BCUT2D eigenvalue weighted by Gasteiger charge is -2.42. The number of nitrogens with one attached hydrogen (secondary N) is 1. The fourth-order valence-corrected chi connectivity index (χ4v) is 3.90. The second-order valence-electron chi connectivity index (χ2n) is 8.02. The normalized spacial score (nSPS) is 17.8. The van der Waals surface area contributed by atoms with Gasteiger partial charge in [-0.1, -0.05) is 12.1 Å². The third-order valence-electron chi connectivity index (χ3n) is 5.54. The zero-order valence-electron chi connectivity index (χ0n) is 18.0. The summed E-state index contributed by atoms with van der Waals surface area (Å²) in [5.41, 5.74) is 0.252. The number of hydrogen-bond donors (Lipinski definition) is 1. The van der Waals surface area contributed by atoms with Crippen molar-refractivity contribution in [3.8, 4) is 0 Å². The largest absolute Gasteiger partial charge is 0.416 e. The van der Waals surface area contributed by atoms with Crippen molar-refractivity contribution in [2.24, 2.45) is 0 Å². The maximum Gasteiger partial charge on any atom is 0.416 e. The van der Waals surface area contributed by atoms with Crippen molar-refractivity contribution < 1.29 is 22.9 Å². The summed E-state index contributed by atoms with van der Waals surface area (Å²) in [7, 11) is 0. The van der Waals surface area contributed by atoms with Gasteiger partial charge in [0.1, 0.15) is 11.7 Å². The molecule has 1 amide bonds. The van der Waals surface area contributed by atoms with E-state index in [0.717, 1.165) is 23.4 Å². The Hall–Kier alpha value is -3.30. The molecule has 0 radical (unpaired) electrons. The van der Waals surface area contributed by atoms with Crippen LogP contribution in [0.15, 0.2) is 42.5 Å². The number of carbonyl (C=O) groups is 1. The van der Waals surface area contributed by atoms with Gasteiger partial charge in [-0.05, 0) is 50.6 Å². The van der Waals surface area contributed by atoms with Crippen LogP contribution < -0.4 is 10.2 Å². The summed E-state index contributed by atoms with van der Waals surface area (Å²) in [5, 5.41) is 14.0. The molecule has 1 saturated heterocycles. The number of hydrogen-bond acceptors (Lipinski definition) is 5. The number of alkyl halides is 3. The Morgan fingerprint density at radius 2 is 1.94 bits per heavy atom. The number of rotatable bonds is 5. The fourth-order valence-electron chi connectivity index (χ4n) is 3.90. The van der Waals surface area contributed by atoms with Gasteiger partial charge < -0.3 is 15.1 Å². The molecule has 0 aromatic heterocycles. The number of halogens is 3. The number of carbonyl (C=O) groups excluding carboxylic acids is 1. The molecule has 0 saturated carbocycles. The summed E-state index contributed by atoms with van der Waals surface area (Å²) in [6, 6.07) is 9.54. The lowest BCUT2D eigenvalue weighted by atomic mass is 10.1. The minimum absolute atomic E-state index is 0.0575. The predicted octanol–water partition coefficient (Wildman–Crippen LogP) is 4.46. The van der Waals surface area contributed by atoms with E-state index < -0.39 is 28.4 Å². The Labute approximate surface area is 184 Å². The van der Waals surface area contributed by atoms with E-state index in [4.69, 9.17) is 0 Å². The number of aryl methyl sites for hydroxylation is 1. The van der Waals surface area contributed by atoms with Gasteiger partial charge in [0.2, 0.25) is 5.91 Å². The van der Waals surface area contributed by atoms with E-state index in [1.54, 1.807) is 11.8 Å². The Morgan fingerprint density at radius 1 is 1.22 bits per heavy atom. The van der Waals surface area contributed by atoms with E-state index in [9.17, 15) is 28.1 Å². The first-order chi connectivity index (χ1) is 15.0. The SMILES string of the molecule is Cc1cccc(N2CCN(C(=O)C(C)Nc3ccc(C(F)(F)F)cc3[N+](=O)[O-])CC2C)c1. The van der Waals surface area contributed by atoms with E-state index in [0.29, 0.717) is 25.7 Å². The second kappa shape index (κ2) is 9.05. The predicted molar refractivity (Wildman–Crippen MR) is 116 cm³/mol. The van der Waals surface area contributed by atoms with Crippen molar-refractivity contribution in [3.05, 3.63) is 63.7 Å². The molecule has 2 unspecified atom stereocenters. The monoisotopic (exact) mass is 450 g/mol. The zero-order valence-corrected chi connectivity index (χ0v) is 18.0. The maximum atomic E-state index is 12.9. The molecule has 7 nitrogen and oxygen atoms in total. The molecule has 0 aliphatic carbocycles. The molecular weight excluding hydrogens is 425 g/mol. The molecule has 172 valence electrons. The second-order valence-corrected chi connectivity index (χ2v) is 8.02. The van der Waals surface area contributed by atoms with Gasteiger partial charge in [-0.2, -0.15) is 13.2 Å². The Balaban J connectivity index is 1.70. The lowest BCUT2D eigenvalue weighted by Crippen LogP contribution is -2.56. The number of nitro groups is 1. The molecule has 1 N–H and O–H groups in total. The summed E-state index contributed by atoms with van der Waals surface area (Å²) in [4.78, 5) is 27.2. The van der Waals surface area contributed by atoms with Crippen LogP contribution in [-0.2, 0) is 11.0 Å². The average Bonchev–Trinajstić information content (AvgIpc) is 2.72. The molecule has 2 atom stereocenters. The van der Waals surface area contributed by atoms with Crippen molar-refractivity contribution in [2.45, 2.75) is 39.0 Å². The molecule has 1 fully saturated rings. The number of benzene rings is 2. The van der Waals surface area contributed by atoms with E-state index in [1.807, 2.05) is 32.0 Å². The first kappa shape index (κ1) is 23.4. The van der Waals surface area contributed by atoms with Crippen LogP contribution in [0.1, 0.15) is 25.0 Å². The molecule has 1 aliphatic heterocycles. The highest BCUT2D eigenvalue weighted by molar-refractivity contribution is 5.85. The lowest BCUT2D eigenvalue weighted by molar-refractivity contribution is -0.384. The standard InChI is InChI=1S/C22H25F3N4O3/c1-14-5-4-6-18(11-14)28-10-9-27(13-15(28)2)21(30)16(3)26-19-8-7-17(22(23,24)25)12-20(19)29(31)32/h4-8,11-12,15-16,26H,9-10,13H2,1-3H3. The van der Waals surface area contributed by atoms with Crippen molar-refractivity contribution in [1.29, 1.82) is 0 Å². The van der Waals surface area contributed by atoms with Crippen LogP contribution in [0.2, 0.25) is 0 Å². The molecule has 1 aliphatic rings. The quantitative estimate of drug-likeness (QED) is 0.538.